The van der Waals surface area contributed by atoms with E-state index < -0.39 is 23.3 Å². The molecule has 3 aromatic rings. The minimum Gasteiger partial charge on any atom is -0.322 e. The fourth-order valence-corrected chi connectivity index (χ4v) is 2.75. The lowest BCUT2D eigenvalue weighted by Gasteiger charge is -2.14. The van der Waals surface area contributed by atoms with Gasteiger partial charge in [-0.05, 0) is 55.3 Å². The molecule has 0 spiro atoms. The normalized spacial score (nSPS) is 11.5. The fourth-order valence-electron chi connectivity index (χ4n) is 2.63. The lowest BCUT2D eigenvalue weighted by Crippen LogP contribution is -2.21. The summed E-state index contributed by atoms with van der Waals surface area (Å²) in [7, 11) is 0. The van der Waals surface area contributed by atoms with E-state index in [2.05, 4.69) is 10.4 Å². The van der Waals surface area contributed by atoms with Gasteiger partial charge in [-0.25, -0.2) is 4.68 Å². The van der Waals surface area contributed by atoms with Gasteiger partial charge in [0.2, 0.25) is 0 Å². The van der Waals surface area contributed by atoms with Crippen molar-refractivity contribution in [3.8, 4) is 5.69 Å². The van der Waals surface area contributed by atoms with Crippen LogP contribution in [0.5, 0.6) is 0 Å². The molecule has 0 radical (unpaired) electrons. The molecule has 4 nitrogen and oxygen atoms in total. The van der Waals surface area contributed by atoms with Gasteiger partial charge in [-0.1, -0.05) is 23.7 Å². The van der Waals surface area contributed by atoms with Crippen LogP contribution in [0, 0.1) is 13.8 Å². The van der Waals surface area contributed by atoms with Gasteiger partial charge < -0.3 is 5.32 Å². The van der Waals surface area contributed by atoms with Crippen LogP contribution in [0.2, 0.25) is 5.02 Å². The highest BCUT2D eigenvalue weighted by atomic mass is 35.5. The highest BCUT2D eigenvalue weighted by Gasteiger charge is 2.40. The molecule has 0 aliphatic carbocycles. The van der Waals surface area contributed by atoms with E-state index in [-0.39, 0.29) is 5.69 Å². The summed E-state index contributed by atoms with van der Waals surface area (Å²) in [6, 6.07) is 11.0. The summed E-state index contributed by atoms with van der Waals surface area (Å²) >= 11 is 5.79. The van der Waals surface area contributed by atoms with Crippen molar-refractivity contribution in [2.45, 2.75) is 20.0 Å². The zero-order chi connectivity index (χ0) is 19.8. The van der Waals surface area contributed by atoms with E-state index in [1.54, 1.807) is 19.1 Å². The second-order valence-corrected chi connectivity index (χ2v) is 6.50. The third kappa shape index (κ3) is 3.98. The van der Waals surface area contributed by atoms with E-state index in [1.165, 1.54) is 24.3 Å². The van der Waals surface area contributed by atoms with Crippen molar-refractivity contribution in [2.24, 2.45) is 0 Å². The Morgan fingerprint density at radius 2 is 1.78 bits per heavy atom. The average molecular weight is 394 g/mol. The maximum atomic E-state index is 13.7. The maximum absolute atomic E-state index is 13.7. The van der Waals surface area contributed by atoms with Crippen LogP contribution >= 0.6 is 11.6 Å². The van der Waals surface area contributed by atoms with Gasteiger partial charge >= 0.3 is 6.18 Å². The molecule has 3 rings (SSSR count). The van der Waals surface area contributed by atoms with Crippen LogP contribution in [-0.4, -0.2) is 15.7 Å². The summed E-state index contributed by atoms with van der Waals surface area (Å²) in [5.74, 6) is -0.878. The molecule has 1 aromatic heterocycles. The second kappa shape index (κ2) is 7.08. The van der Waals surface area contributed by atoms with Crippen molar-refractivity contribution >= 4 is 23.2 Å². The Balaban J connectivity index is 2.04. The Bertz CT molecular complexity index is 994. The highest BCUT2D eigenvalue weighted by Crippen LogP contribution is 2.34. The first-order chi connectivity index (χ1) is 12.7. The molecule has 2 aromatic carbocycles. The quantitative estimate of drug-likeness (QED) is 0.646. The summed E-state index contributed by atoms with van der Waals surface area (Å²) in [6.07, 6.45) is -3.86. The van der Waals surface area contributed by atoms with Gasteiger partial charge in [0.15, 0.2) is 5.69 Å². The number of alkyl halides is 3. The Kier molecular flexibility index (Phi) is 4.97. The number of aromatic nitrogens is 2. The number of anilines is 1. The zero-order valence-electron chi connectivity index (χ0n) is 14.4. The summed E-state index contributed by atoms with van der Waals surface area (Å²) in [6.45, 7) is 3.59. The molecule has 0 aliphatic rings. The number of carbonyl (C=O) groups is 1. The molecular weight excluding hydrogens is 379 g/mol. The lowest BCUT2D eigenvalue weighted by atomic mass is 10.1. The molecule has 0 fully saturated rings. The number of hydrogen-bond acceptors (Lipinski definition) is 2. The van der Waals surface area contributed by atoms with Crippen LogP contribution in [-0.2, 0) is 6.18 Å². The van der Waals surface area contributed by atoms with E-state index in [9.17, 15) is 18.0 Å². The van der Waals surface area contributed by atoms with Crippen LogP contribution < -0.4 is 5.32 Å². The summed E-state index contributed by atoms with van der Waals surface area (Å²) in [5.41, 5.74) is 0.521. The molecule has 1 amide bonds. The fraction of sp³-hybridized carbons (Fsp3) is 0.158. The molecule has 8 heteroatoms. The summed E-state index contributed by atoms with van der Waals surface area (Å²) in [5, 5.41) is 6.70. The predicted octanol–water partition coefficient (Wildman–Crippen LogP) is 5.41. The van der Waals surface area contributed by atoms with Crippen molar-refractivity contribution < 1.29 is 18.0 Å². The van der Waals surface area contributed by atoms with Gasteiger partial charge in [0.25, 0.3) is 5.91 Å². The number of nitrogens with zero attached hydrogens (tertiary/aromatic N) is 2. The van der Waals surface area contributed by atoms with Crippen molar-refractivity contribution in [1.29, 1.82) is 0 Å². The SMILES string of the molecule is Cc1ccc(C)c(NC(=O)c2cnn(-c3ccc(Cl)cc3)c2C(F)(F)F)c1. The van der Waals surface area contributed by atoms with Crippen LogP contribution in [0.3, 0.4) is 0 Å². The van der Waals surface area contributed by atoms with Gasteiger partial charge in [-0.2, -0.15) is 18.3 Å². The molecule has 1 N–H and O–H groups in total. The molecule has 0 atom stereocenters. The van der Waals surface area contributed by atoms with E-state index in [0.717, 1.165) is 17.3 Å². The molecule has 0 saturated carbocycles. The summed E-state index contributed by atoms with van der Waals surface area (Å²) in [4.78, 5) is 12.6. The Labute approximate surface area is 158 Å². The molecule has 27 heavy (non-hydrogen) atoms. The first-order valence-electron chi connectivity index (χ1n) is 7.96. The Hall–Kier alpha value is -2.80. The minimum atomic E-state index is -4.77. The van der Waals surface area contributed by atoms with Gasteiger partial charge in [0.05, 0.1) is 17.4 Å². The first-order valence-corrected chi connectivity index (χ1v) is 8.34. The van der Waals surface area contributed by atoms with Crippen LogP contribution in [0.25, 0.3) is 5.69 Å². The average Bonchev–Trinajstić information content (AvgIpc) is 3.04. The first kappa shape index (κ1) is 19.0. The van der Waals surface area contributed by atoms with E-state index >= 15 is 0 Å². The molecule has 0 saturated heterocycles. The van der Waals surface area contributed by atoms with E-state index in [0.29, 0.717) is 15.4 Å². The maximum Gasteiger partial charge on any atom is 0.434 e. The highest BCUT2D eigenvalue weighted by molar-refractivity contribution is 6.30. The number of amides is 1. The number of carbonyl (C=O) groups excluding carboxylic acids is 1. The van der Waals surface area contributed by atoms with Crippen LogP contribution in [0.1, 0.15) is 27.2 Å². The van der Waals surface area contributed by atoms with Gasteiger partial charge in [0, 0.05) is 10.7 Å². The standard InChI is InChI=1S/C19H15ClF3N3O/c1-11-3-4-12(2)16(9-11)25-18(27)15-10-24-26(17(15)19(21,22)23)14-7-5-13(20)6-8-14/h3-10H,1-2H3,(H,25,27). The molecule has 1 heterocycles. The molecule has 0 unspecified atom stereocenters. The Morgan fingerprint density at radius 3 is 2.41 bits per heavy atom. The van der Waals surface area contributed by atoms with Crippen molar-refractivity contribution in [3.05, 3.63) is 76.1 Å². The van der Waals surface area contributed by atoms with E-state index in [1.807, 2.05) is 13.0 Å². The number of aryl methyl sites for hydroxylation is 2. The number of halogens is 4. The third-order valence-electron chi connectivity index (χ3n) is 3.99. The summed E-state index contributed by atoms with van der Waals surface area (Å²) < 4.78 is 41.7. The predicted molar refractivity (Wildman–Crippen MR) is 97.4 cm³/mol. The zero-order valence-corrected chi connectivity index (χ0v) is 15.2. The lowest BCUT2D eigenvalue weighted by molar-refractivity contribution is -0.143. The molecule has 140 valence electrons. The smallest absolute Gasteiger partial charge is 0.322 e. The van der Waals surface area contributed by atoms with E-state index in [4.69, 9.17) is 11.6 Å². The van der Waals surface area contributed by atoms with Crippen LogP contribution in [0.15, 0.2) is 48.7 Å². The van der Waals surface area contributed by atoms with Crippen molar-refractivity contribution in [3.63, 3.8) is 0 Å². The number of benzene rings is 2. The number of rotatable bonds is 3. The van der Waals surface area contributed by atoms with Gasteiger partial charge in [-0.15, -0.1) is 0 Å². The Morgan fingerprint density at radius 1 is 1.11 bits per heavy atom. The van der Waals surface area contributed by atoms with Crippen LogP contribution in [0.4, 0.5) is 18.9 Å². The monoisotopic (exact) mass is 393 g/mol. The van der Waals surface area contributed by atoms with Gasteiger partial charge in [-0.3, -0.25) is 4.79 Å². The largest absolute Gasteiger partial charge is 0.434 e. The topological polar surface area (TPSA) is 46.9 Å². The van der Waals surface area contributed by atoms with Crippen molar-refractivity contribution in [1.82, 2.24) is 9.78 Å². The molecule has 0 aliphatic heterocycles. The molecular formula is C19H15ClF3N3O. The molecule has 0 bridgehead atoms. The van der Waals surface area contributed by atoms with Crippen molar-refractivity contribution in [2.75, 3.05) is 5.32 Å². The van der Waals surface area contributed by atoms with Gasteiger partial charge in [0.1, 0.15) is 0 Å². The number of hydrogen-bond donors (Lipinski definition) is 1. The number of nitrogens with one attached hydrogen (secondary N) is 1. The minimum absolute atomic E-state index is 0.150. The third-order valence-corrected chi connectivity index (χ3v) is 4.25. The second-order valence-electron chi connectivity index (χ2n) is 6.07.